The maximum atomic E-state index is 12.4. The number of carbonyl (C=O) groups excluding carboxylic acids is 1. The maximum absolute atomic E-state index is 12.4. The number of nitrogens with zero attached hydrogens (tertiary/aromatic N) is 1. The highest BCUT2D eigenvalue weighted by molar-refractivity contribution is 6.33. The average Bonchev–Trinajstić information content (AvgIpc) is 3.18. The van der Waals surface area contributed by atoms with Crippen LogP contribution in [0.15, 0.2) is 53.1 Å². The fourth-order valence-corrected chi connectivity index (χ4v) is 3.02. The average molecular weight is 415 g/mol. The second-order valence-electron chi connectivity index (χ2n) is 6.17. The van der Waals surface area contributed by atoms with E-state index in [4.69, 9.17) is 25.5 Å². The Morgan fingerprint density at radius 2 is 1.93 bits per heavy atom. The highest BCUT2D eigenvalue weighted by Crippen LogP contribution is 2.30. The van der Waals surface area contributed by atoms with Gasteiger partial charge in [-0.25, -0.2) is 4.98 Å². The van der Waals surface area contributed by atoms with Crippen LogP contribution < -0.4 is 14.8 Å². The zero-order valence-corrected chi connectivity index (χ0v) is 17.2. The molecule has 1 N–H and O–H groups in total. The van der Waals surface area contributed by atoms with Crippen LogP contribution in [0.4, 0.5) is 5.69 Å². The first-order chi connectivity index (χ1) is 14.1. The van der Waals surface area contributed by atoms with Crippen molar-refractivity contribution in [3.8, 4) is 22.8 Å². The van der Waals surface area contributed by atoms with Crippen molar-refractivity contribution in [1.82, 2.24) is 4.98 Å². The number of ether oxygens (including phenoxy) is 2. The number of nitrogens with one attached hydrogen (secondary N) is 1. The first-order valence-electron chi connectivity index (χ1n) is 9.49. The zero-order valence-electron chi connectivity index (χ0n) is 16.4. The number of aryl methyl sites for hydroxylation is 1. The predicted octanol–water partition coefficient (Wildman–Crippen LogP) is 5.36. The molecular weight excluding hydrogens is 392 g/mol. The highest BCUT2D eigenvalue weighted by Gasteiger charge is 2.13. The monoisotopic (exact) mass is 414 g/mol. The molecule has 0 aliphatic heterocycles. The van der Waals surface area contributed by atoms with E-state index in [0.29, 0.717) is 53.5 Å². The van der Waals surface area contributed by atoms with Crippen molar-refractivity contribution in [1.29, 1.82) is 0 Å². The number of benzene rings is 2. The summed E-state index contributed by atoms with van der Waals surface area (Å²) in [5, 5.41) is 3.47. The molecule has 2 aromatic carbocycles. The van der Waals surface area contributed by atoms with Gasteiger partial charge >= 0.3 is 0 Å². The molecule has 1 aromatic heterocycles. The van der Waals surface area contributed by atoms with E-state index in [2.05, 4.69) is 10.3 Å². The third-order valence-corrected chi connectivity index (χ3v) is 4.42. The molecule has 29 heavy (non-hydrogen) atoms. The molecule has 1 amide bonds. The van der Waals surface area contributed by atoms with Gasteiger partial charge in [-0.05, 0) is 38.1 Å². The van der Waals surface area contributed by atoms with E-state index in [0.717, 1.165) is 5.56 Å². The van der Waals surface area contributed by atoms with E-state index in [9.17, 15) is 4.79 Å². The topological polar surface area (TPSA) is 73.6 Å². The summed E-state index contributed by atoms with van der Waals surface area (Å²) in [6.45, 7) is 4.83. The van der Waals surface area contributed by atoms with Gasteiger partial charge in [0.05, 0.1) is 30.1 Å². The number of hydrogen-bond acceptors (Lipinski definition) is 5. The van der Waals surface area contributed by atoms with Crippen LogP contribution in [0.25, 0.3) is 11.3 Å². The smallest absolute Gasteiger partial charge is 0.224 e. The van der Waals surface area contributed by atoms with Gasteiger partial charge in [0.15, 0.2) is 11.7 Å². The summed E-state index contributed by atoms with van der Waals surface area (Å²) in [6, 6.07) is 12.7. The Morgan fingerprint density at radius 3 is 2.69 bits per heavy atom. The van der Waals surface area contributed by atoms with Crippen molar-refractivity contribution in [3.05, 3.63) is 59.6 Å². The second kappa shape index (κ2) is 9.98. The van der Waals surface area contributed by atoms with Crippen molar-refractivity contribution < 1.29 is 18.7 Å². The number of carbonyl (C=O) groups is 1. The fraction of sp³-hybridized carbons (Fsp3) is 0.273. The third-order valence-electron chi connectivity index (χ3n) is 4.09. The number of anilines is 1. The Bertz CT molecular complexity index is 971. The van der Waals surface area contributed by atoms with Crippen LogP contribution in [0.3, 0.4) is 0 Å². The number of oxazole rings is 1. The molecule has 0 unspecified atom stereocenters. The molecule has 152 valence electrons. The van der Waals surface area contributed by atoms with Crippen molar-refractivity contribution in [2.45, 2.75) is 26.7 Å². The van der Waals surface area contributed by atoms with Crippen LogP contribution in [0.1, 0.15) is 26.2 Å². The molecular formula is C22H23ClN2O4. The Morgan fingerprint density at radius 1 is 1.14 bits per heavy atom. The molecule has 0 bridgehead atoms. The normalized spacial score (nSPS) is 10.6. The summed E-state index contributed by atoms with van der Waals surface area (Å²) in [4.78, 5) is 16.7. The number of amides is 1. The van der Waals surface area contributed by atoms with E-state index < -0.39 is 0 Å². The van der Waals surface area contributed by atoms with E-state index in [-0.39, 0.29) is 12.3 Å². The minimum atomic E-state index is -0.169. The molecule has 3 aromatic rings. The fourth-order valence-electron chi connectivity index (χ4n) is 2.79. The molecule has 0 aliphatic rings. The number of rotatable bonds is 9. The van der Waals surface area contributed by atoms with Gasteiger partial charge in [0.25, 0.3) is 0 Å². The van der Waals surface area contributed by atoms with Gasteiger partial charge < -0.3 is 19.2 Å². The van der Waals surface area contributed by atoms with Gasteiger partial charge in [-0.2, -0.15) is 0 Å². The summed E-state index contributed by atoms with van der Waals surface area (Å²) in [5.74, 6) is 2.15. The molecule has 0 fully saturated rings. The van der Waals surface area contributed by atoms with Gasteiger partial charge in [0, 0.05) is 24.5 Å². The minimum absolute atomic E-state index is 0.169. The lowest BCUT2D eigenvalue weighted by atomic mass is 10.2. The van der Waals surface area contributed by atoms with Gasteiger partial charge in [-0.15, -0.1) is 0 Å². The summed E-state index contributed by atoms with van der Waals surface area (Å²) in [5.41, 5.74) is 1.35. The van der Waals surface area contributed by atoms with E-state index in [1.807, 2.05) is 38.1 Å². The molecule has 3 rings (SSSR count). The molecule has 0 spiro atoms. The highest BCUT2D eigenvalue weighted by atomic mass is 35.5. The first-order valence-corrected chi connectivity index (χ1v) is 9.87. The first kappa shape index (κ1) is 20.7. The molecule has 6 nitrogen and oxygen atoms in total. The summed E-state index contributed by atoms with van der Waals surface area (Å²) >= 11 is 6.19. The number of halogens is 1. The van der Waals surface area contributed by atoms with E-state index >= 15 is 0 Å². The van der Waals surface area contributed by atoms with Crippen LogP contribution in [-0.4, -0.2) is 24.1 Å². The maximum Gasteiger partial charge on any atom is 0.224 e. The molecule has 0 saturated heterocycles. The van der Waals surface area contributed by atoms with Gasteiger partial charge in [0.1, 0.15) is 11.5 Å². The lowest BCUT2D eigenvalue weighted by Crippen LogP contribution is -2.13. The predicted molar refractivity (Wildman–Crippen MR) is 113 cm³/mol. The van der Waals surface area contributed by atoms with Crippen molar-refractivity contribution in [2.24, 2.45) is 0 Å². The Balaban J connectivity index is 1.63. The van der Waals surface area contributed by atoms with E-state index in [1.54, 1.807) is 24.4 Å². The molecule has 0 saturated carbocycles. The van der Waals surface area contributed by atoms with Crippen molar-refractivity contribution >= 4 is 23.2 Å². The Hall–Kier alpha value is -2.99. The molecule has 1 heterocycles. The van der Waals surface area contributed by atoms with Crippen LogP contribution in [0.5, 0.6) is 11.5 Å². The lowest BCUT2D eigenvalue weighted by molar-refractivity contribution is -0.116. The minimum Gasteiger partial charge on any atom is -0.494 e. The second-order valence-corrected chi connectivity index (χ2v) is 6.58. The number of hydrogen-bond donors (Lipinski definition) is 1. The SMILES string of the molecule is CCOc1ccc(OCC)c(NC(=O)CCc2ncc(-c3ccccc3Cl)o2)c1. The Kier molecular flexibility index (Phi) is 7.14. The molecule has 0 aliphatic carbocycles. The summed E-state index contributed by atoms with van der Waals surface area (Å²) < 4.78 is 16.8. The quantitative estimate of drug-likeness (QED) is 0.510. The third kappa shape index (κ3) is 5.51. The van der Waals surface area contributed by atoms with Crippen LogP contribution in [-0.2, 0) is 11.2 Å². The summed E-state index contributed by atoms with van der Waals surface area (Å²) in [7, 11) is 0. The van der Waals surface area contributed by atoms with Gasteiger partial charge in [-0.1, -0.05) is 23.7 Å². The summed E-state index contributed by atoms with van der Waals surface area (Å²) in [6.07, 6.45) is 2.20. The van der Waals surface area contributed by atoms with Crippen molar-refractivity contribution in [3.63, 3.8) is 0 Å². The number of aromatic nitrogens is 1. The van der Waals surface area contributed by atoms with Crippen LogP contribution >= 0.6 is 11.6 Å². The van der Waals surface area contributed by atoms with Gasteiger partial charge in [-0.3, -0.25) is 4.79 Å². The lowest BCUT2D eigenvalue weighted by Gasteiger charge is -2.13. The molecule has 0 atom stereocenters. The van der Waals surface area contributed by atoms with Gasteiger partial charge in [0.2, 0.25) is 5.91 Å². The standard InChI is InChI=1S/C22H23ClN2O4/c1-3-27-15-9-10-19(28-4-2)18(13-15)25-21(26)11-12-22-24-14-20(29-22)16-7-5-6-8-17(16)23/h5-10,13-14H,3-4,11-12H2,1-2H3,(H,25,26). The van der Waals surface area contributed by atoms with Crippen molar-refractivity contribution in [2.75, 3.05) is 18.5 Å². The van der Waals surface area contributed by atoms with Crippen LogP contribution in [0, 0.1) is 0 Å². The molecule has 7 heteroatoms. The zero-order chi connectivity index (χ0) is 20.6. The largest absolute Gasteiger partial charge is 0.494 e. The van der Waals surface area contributed by atoms with Crippen LogP contribution in [0.2, 0.25) is 5.02 Å². The Labute approximate surface area is 174 Å². The molecule has 0 radical (unpaired) electrons. The van der Waals surface area contributed by atoms with E-state index in [1.165, 1.54) is 0 Å².